The maximum absolute atomic E-state index is 12.5. The van der Waals surface area contributed by atoms with Crippen LogP contribution >= 0.6 is 22.7 Å². The van der Waals surface area contributed by atoms with Crippen LogP contribution in [0.2, 0.25) is 0 Å². The van der Waals surface area contributed by atoms with Crippen molar-refractivity contribution in [2.24, 2.45) is 0 Å². The quantitative estimate of drug-likeness (QED) is 0.316. The van der Waals surface area contributed by atoms with Gasteiger partial charge in [-0.3, -0.25) is 10.1 Å². The van der Waals surface area contributed by atoms with E-state index in [1.54, 1.807) is 29.5 Å². The molecule has 5 aromatic rings. The predicted octanol–water partition coefficient (Wildman–Crippen LogP) is 5.52. The van der Waals surface area contributed by atoms with Gasteiger partial charge in [-0.15, -0.1) is 22.7 Å². The van der Waals surface area contributed by atoms with Gasteiger partial charge in [-0.2, -0.15) is 0 Å². The van der Waals surface area contributed by atoms with Crippen molar-refractivity contribution in [2.45, 2.75) is 6.92 Å². The van der Waals surface area contributed by atoms with Gasteiger partial charge in [-0.25, -0.2) is 14.8 Å². The van der Waals surface area contributed by atoms with Gasteiger partial charge < -0.3 is 9.72 Å². The van der Waals surface area contributed by atoms with Crippen LogP contribution in [0.15, 0.2) is 65.4 Å². The van der Waals surface area contributed by atoms with Crippen LogP contribution in [0.5, 0.6) is 0 Å². The average Bonchev–Trinajstić information content (AvgIpc) is 3.57. The minimum absolute atomic E-state index is 0.337. The molecule has 7 nitrogen and oxygen atoms in total. The molecule has 0 spiro atoms. The number of amides is 1. The minimum Gasteiger partial charge on any atom is -0.452 e. The molecule has 0 unspecified atom stereocenters. The molecule has 5 rings (SSSR count). The van der Waals surface area contributed by atoms with Gasteiger partial charge in [0, 0.05) is 10.9 Å². The SMILES string of the molecule is Cc1ccc(-c2nc3ccc(C(=O)OCC(=O)Nc4nc(-c5cccs5)cs4)cc3[nH]2)cc1. The molecule has 0 aliphatic carbocycles. The Labute approximate surface area is 197 Å². The third kappa shape index (κ3) is 4.69. The van der Waals surface area contributed by atoms with E-state index < -0.39 is 18.5 Å². The third-order valence-corrected chi connectivity index (χ3v) is 6.55. The number of aromatic nitrogens is 3. The molecular weight excluding hydrogens is 456 g/mol. The summed E-state index contributed by atoms with van der Waals surface area (Å²) in [5, 5.41) is 6.97. The molecule has 0 aliphatic rings. The lowest BCUT2D eigenvalue weighted by Gasteiger charge is -2.04. The van der Waals surface area contributed by atoms with E-state index in [2.05, 4.69) is 20.3 Å². The number of imidazole rings is 1. The molecule has 0 aliphatic heterocycles. The van der Waals surface area contributed by atoms with Crippen LogP contribution in [-0.2, 0) is 9.53 Å². The molecular formula is C24H18N4O3S2. The van der Waals surface area contributed by atoms with E-state index in [4.69, 9.17) is 4.74 Å². The number of nitrogens with zero attached hydrogens (tertiary/aromatic N) is 2. The van der Waals surface area contributed by atoms with E-state index in [0.717, 1.165) is 27.5 Å². The zero-order valence-corrected chi connectivity index (χ0v) is 19.1. The van der Waals surface area contributed by atoms with Crippen molar-refractivity contribution in [3.05, 3.63) is 76.5 Å². The number of fused-ring (bicyclic) bond motifs is 1. The summed E-state index contributed by atoms with van der Waals surface area (Å²) in [5.74, 6) is -0.308. The Balaban J connectivity index is 1.21. The highest BCUT2D eigenvalue weighted by Gasteiger charge is 2.14. The zero-order chi connectivity index (χ0) is 22.8. The number of aryl methyl sites for hydroxylation is 1. The van der Waals surface area contributed by atoms with Crippen molar-refractivity contribution in [1.82, 2.24) is 15.0 Å². The van der Waals surface area contributed by atoms with Gasteiger partial charge in [0.1, 0.15) is 5.82 Å². The van der Waals surface area contributed by atoms with E-state index in [1.807, 2.05) is 54.1 Å². The largest absolute Gasteiger partial charge is 0.452 e. The number of hydrogen-bond acceptors (Lipinski definition) is 7. The number of esters is 1. The van der Waals surface area contributed by atoms with Crippen molar-refractivity contribution in [2.75, 3.05) is 11.9 Å². The Hall–Kier alpha value is -3.82. The fourth-order valence-electron chi connectivity index (χ4n) is 3.22. The molecule has 33 heavy (non-hydrogen) atoms. The van der Waals surface area contributed by atoms with Crippen molar-refractivity contribution >= 4 is 50.7 Å². The topological polar surface area (TPSA) is 97.0 Å². The van der Waals surface area contributed by atoms with E-state index in [-0.39, 0.29) is 0 Å². The van der Waals surface area contributed by atoms with Gasteiger partial charge in [0.05, 0.1) is 27.2 Å². The number of benzene rings is 2. The highest BCUT2D eigenvalue weighted by Crippen LogP contribution is 2.28. The molecule has 3 heterocycles. The number of thiophene rings is 1. The summed E-state index contributed by atoms with van der Waals surface area (Å²) >= 11 is 2.90. The van der Waals surface area contributed by atoms with E-state index in [9.17, 15) is 9.59 Å². The highest BCUT2D eigenvalue weighted by molar-refractivity contribution is 7.16. The third-order valence-electron chi connectivity index (χ3n) is 4.90. The second-order valence-corrected chi connectivity index (χ2v) is 9.13. The fraction of sp³-hybridized carbons (Fsp3) is 0.0833. The van der Waals surface area contributed by atoms with Crippen LogP contribution in [0.25, 0.3) is 33.0 Å². The molecule has 2 N–H and O–H groups in total. The molecule has 0 bridgehead atoms. The second kappa shape index (κ2) is 8.97. The normalized spacial score (nSPS) is 10.9. The minimum atomic E-state index is -0.586. The van der Waals surface area contributed by atoms with Gasteiger partial charge in [-0.1, -0.05) is 35.9 Å². The monoisotopic (exact) mass is 474 g/mol. The summed E-state index contributed by atoms with van der Waals surface area (Å²) in [5.41, 5.74) is 4.73. The van der Waals surface area contributed by atoms with Crippen LogP contribution in [0.4, 0.5) is 5.13 Å². The Morgan fingerprint density at radius 2 is 1.91 bits per heavy atom. The molecule has 0 atom stereocenters. The van der Waals surface area contributed by atoms with Gasteiger partial charge in [-0.05, 0) is 36.6 Å². The highest BCUT2D eigenvalue weighted by atomic mass is 32.1. The summed E-state index contributed by atoms with van der Waals surface area (Å²) in [6.07, 6.45) is 0. The number of thiazole rings is 1. The first-order valence-corrected chi connectivity index (χ1v) is 11.8. The molecule has 164 valence electrons. The second-order valence-electron chi connectivity index (χ2n) is 7.32. The Morgan fingerprint density at radius 3 is 2.70 bits per heavy atom. The van der Waals surface area contributed by atoms with Gasteiger partial charge in [0.15, 0.2) is 11.7 Å². The van der Waals surface area contributed by atoms with Crippen LogP contribution in [0, 0.1) is 6.92 Å². The number of anilines is 1. The molecule has 0 saturated heterocycles. The number of carbonyl (C=O) groups is 2. The molecule has 3 aromatic heterocycles. The van der Waals surface area contributed by atoms with E-state index in [1.165, 1.54) is 16.9 Å². The van der Waals surface area contributed by atoms with Crippen molar-refractivity contribution in [3.8, 4) is 22.0 Å². The number of rotatable bonds is 6. The Kier molecular flexibility index (Phi) is 5.72. The van der Waals surface area contributed by atoms with Crippen LogP contribution in [-0.4, -0.2) is 33.4 Å². The lowest BCUT2D eigenvalue weighted by atomic mass is 10.1. The van der Waals surface area contributed by atoms with Crippen LogP contribution < -0.4 is 5.32 Å². The number of ether oxygens (including phenoxy) is 1. The first kappa shape index (κ1) is 21.0. The zero-order valence-electron chi connectivity index (χ0n) is 17.5. The summed E-state index contributed by atoms with van der Waals surface area (Å²) in [6, 6.07) is 17.0. The Morgan fingerprint density at radius 1 is 1.06 bits per heavy atom. The van der Waals surface area contributed by atoms with Crippen molar-refractivity contribution in [1.29, 1.82) is 0 Å². The van der Waals surface area contributed by atoms with Gasteiger partial charge in [0.2, 0.25) is 0 Å². The smallest absolute Gasteiger partial charge is 0.338 e. The number of aromatic amines is 1. The molecule has 2 aromatic carbocycles. The maximum Gasteiger partial charge on any atom is 0.338 e. The molecule has 0 fully saturated rings. The first-order chi connectivity index (χ1) is 16.0. The molecule has 0 radical (unpaired) electrons. The number of H-pyrrole nitrogens is 1. The van der Waals surface area contributed by atoms with Crippen LogP contribution in [0.3, 0.4) is 0 Å². The lowest BCUT2D eigenvalue weighted by molar-refractivity contribution is -0.119. The summed E-state index contributed by atoms with van der Waals surface area (Å²) in [4.78, 5) is 37.9. The van der Waals surface area contributed by atoms with E-state index in [0.29, 0.717) is 16.2 Å². The predicted molar refractivity (Wildman–Crippen MR) is 131 cm³/mol. The number of hydrogen-bond donors (Lipinski definition) is 2. The first-order valence-electron chi connectivity index (χ1n) is 10.1. The van der Waals surface area contributed by atoms with Crippen LogP contribution in [0.1, 0.15) is 15.9 Å². The number of nitrogens with one attached hydrogen (secondary N) is 2. The standard InChI is InChI=1S/C24H18N4O3S2/c1-14-4-6-15(7-5-14)22-25-17-9-8-16(11-18(17)26-22)23(30)31-12-21(29)28-24-27-19(13-33-24)20-3-2-10-32-20/h2-11,13H,12H2,1H3,(H,25,26)(H,27,28,29). The number of carbonyl (C=O) groups excluding carboxylic acids is 2. The summed E-state index contributed by atoms with van der Waals surface area (Å²) in [7, 11) is 0. The summed E-state index contributed by atoms with van der Waals surface area (Å²) in [6.45, 7) is 1.63. The van der Waals surface area contributed by atoms with E-state index >= 15 is 0 Å². The van der Waals surface area contributed by atoms with Crippen molar-refractivity contribution < 1.29 is 14.3 Å². The van der Waals surface area contributed by atoms with Crippen molar-refractivity contribution in [3.63, 3.8) is 0 Å². The molecule has 1 amide bonds. The van der Waals surface area contributed by atoms with Gasteiger partial charge in [0.25, 0.3) is 5.91 Å². The maximum atomic E-state index is 12.5. The molecule has 9 heteroatoms. The fourth-order valence-corrected chi connectivity index (χ4v) is 4.71. The summed E-state index contributed by atoms with van der Waals surface area (Å²) < 4.78 is 5.19. The van der Waals surface area contributed by atoms with Gasteiger partial charge >= 0.3 is 5.97 Å². The Bertz CT molecular complexity index is 1440. The average molecular weight is 475 g/mol. The molecule has 0 saturated carbocycles. The lowest BCUT2D eigenvalue weighted by Crippen LogP contribution is -2.20.